The first-order valence-electron chi connectivity index (χ1n) is 5.55. The molecular formula is C12H16N5O+. The highest BCUT2D eigenvalue weighted by Crippen LogP contribution is 2.00. The Morgan fingerprint density at radius 3 is 3.22 bits per heavy atom. The highest BCUT2D eigenvalue weighted by atomic mass is 16.6. The van der Waals surface area contributed by atoms with Crippen LogP contribution in [0, 0.1) is 11.3 Å². The number of rotatable bonds is 6. The molecule has 0 bridgehead atoms. The number of aromatic nitrogens is 1. The van der Waals surface area contributed by atoms with E-state index >= 15 is 0 Å². The average Bonchev–Trinajstić information content (AvgIpc) is 2.41. The van der Waals surface area contributed by atoms with E-state index in [1.807, 2.05) is 24.6 Å². The molecule has 0 aliphatic heterocycles. The molecule has 94 valence electrons. The lowest BCUT2D eigenvalue weighted by Crippen LogP contribution is -2.21. The summed E-state index contributed by atoms with van der Waals surface area (Å²) >= 11 is 0. The maximum absolute atomic E-state index is 8.85. The van der Waals surface area contributed by atoms with Crippen LogP contribution in [-0.4, -0.2) is 42.4 Å². The Morgan fingerprint density at radius 1 is 1.67 bits per heavy atom. The van der Waals surface area contributed by atoms with Gasteiger partial charge < -0.3 is 4.84 Å². The summed E-state index contributed by atoms with van der Waals surface area (Å²) in [6.45, 7) is 3.18. The van der Waals surface area contributed by atoms with E-state index in [1.165, 1.54) is 6.21 Å². The van der Waals surface area contributed by atoms with Crippen molar-refractivity contribution >= 4 is 12.6 Å². The summed E-state index contributed by atoms with van der Waals surface area (Å²) in [4.78, 5) is 9.10. The number of nitriles is 1. The predicted molar refractivity (Wildman–Crippen MR) is 68.4 cm³/mol. The minimum Gasteiger partial charge on any atom is -0.350 e. The van der Waals surface area contributed by atoms with Crippen LogP contribution in [0.2, 0.25) is 0 Å². The smallest absolute Gasteiger partial charge is 0.252 e. The molecule has 0 spiro atoms. The first-order chi connectivity index (χ1) is 8.77. The summed E-state index contributed by atoms with van der Waals surface area (Å²) in [6, 6.07) is 5.42. The molecule has 18 heavy (non-hydrogen) atoms. The fraction of sp³-hybridized carbons (Fsp3) is 0.333. The molecule has 1 N–H and O–H groups in total. The van der Waals surface area contributed by atoms with Gasteiger partial charge in [0.25, 0.3) is 6.73 Å². The zero-order valence-electron chi connectivity index (χ0n) is 10.5. The van der Waals surface area contributed by atoms with Gasteiger partial charge in [0, 0.05) is 6.20 Å². The van der Waals surface area contributed by atoms with Crippen molar-refractivity contribution in [3.8, 4) is 6.07 Å². The lowest BCUT2D eigenvalue weighted by atomic mass is 10.2. The van der Waals surface area contributed by atoms with Crippen molar-refractivity contribution in [3.63, 3.8) is 0 Å². The van der Waals surface area contributed by atoms with Crippen LogP contribution in [-0.2, 0) is 4.84 Å². The molecule has 0 atom stereocenters. The zero-order chi connectivity index (χ0) is 13.2. The van der Waals surface area contributed by atoms with Crippen molar-refractivity contribution in [2.75, 3.05) is 20.3 Å². The second kappa shape index (κ2) is 7.79. The largest absolute Gasteiger partial charge is 0.350 e. The normalized spacial score (nSPS) is 11.3. The minimum atomic E-state index is 0.318. The van der Waals surface area contributed by atoms with Crippen molar-refractivity contribution in [2.45, 2.75) is 6.92 Å². The molecule has 6 heteroatoms. The third-order valence-electron chi connectivity index (χ3n) is 1.99. The maximum atomic E-state index is 8.85. The van der Waals surface area contributed by atoms with Gasteiger partial charge in [-0.3, -0.25) is 10.3 Å². The average molecular weight is 246 g/mol. The van der Waals surface area contributed by atoms with Gasteiger partial charge in [0.1, 0.15) is 11.8 Å². The molecule has 1 aromatic heterocycles. The Balaban J connectivity index is 2.49. The number of oxime groups is 1. The fourth-order valence-electron chi connectivity index (χ4n) is 1.11. The van der Waals surface area contributed by atoms with E-state index in [2.05, 4.69) is 15.5 Å². The van der Waals surface area contributed by atoms with E-state index in [4.69, 9.17) is 10.1 Å². The van der Waals surface area contributed by atoms with Gasteiger partial charge in [-0.15, -0.1) is 0 Å². The monoisotopic (exact) mass is 246 g/mol. The van der Waals surface area contributed by atoms with Crippen LogP contribution in [0.25, 0.3) is 0 Å². The molecule has 0 unspecified atom stereocenters. The van der Waals surface area contributed by atoms with Gasteiger partial charge in [0.05, 0.1) is 25.4 Å². The van der Waals surface area contributed by atoms with Crippen LogP contribution in [0.15, 0.2) is 23.5 Å². The molecule has 0 aromatic carbocycles. The molecule has 1 heterocycles. The number of pyridine rings is 1. The molecule has 6 nitrogen and oxygen atoms in total. The van der Waals surface area contributed by atoms with E-state index in [-0.39, 0.29) is 0 Å². The fourth-order valence-corrected chi connectivity index (χ4v) is 1.11. The molecule has 1 rings (SSSR count). The van der Waals surface area contributed by atoms with Crippen LogP contribution in [0.5, 0.6) is 0 Å². The summed E-state index contributed by atoms with van der Waals surface area (Å²) in [5.41, 5.74) is 0.968. The van der Waals surface area contributed by atoms with Gasteiger partial charge in [-0.1, -0.05) is 5.16 Å². The van der Waals surface area contributed by atoms with Gasteiger partial charge in [0.2, 0.25) is 6.34 Å². The first kappa shape index (κ1) is 13.6. The lowest BCUT2D eigenvalue weighted by molar-refractivity contribution is -0.539. The Bertz CT molecular complexity index is 476. The summed E-state index contributed by atoms with van der Waals surface area (Å²) in [6.07, 6.45) is 4.84. The van der Waals surface area contributed by atoms with Crippen molar-refractivity contribution in [3.05, 3.63) is 29.6 Å². The predicted octanol–water partition coefficient (Wildman–Crippen LogP) is 0.541. The topological polar surface area (TPSA) is 73.3 Å². The highest BCUT2D eigenvalue weighted by molar-refractivity contribution is 5.79. The molecule has 0 saturated heterocycles. The number of nitrogens with one attached hydrogen (secondary N) is 1. The van der Waals surface area contributed by atoms with E-state index in [9.17, 15) is 0 Å². The van der Waals surface area contributed by atoms with Crippen LogP contribution in [0.1, 0.15) is 18.2 Å². The SMILES string of the molecule is CCN/C=[N+](\C)CO/N=C/c1ncccc1C#N. The Morgan fingerprint density at radius 2 is 2.50 bits per heavy atom. The van der Waals surface area contributed by atoms with Crippen molar-refractivity contribution in [1.82, 2.24) is 10.3 Å². The Kier molecular flexibility index (Phi) is 5.90. The molecule has 0 radical (unpaired) electrons. The van der Waals surface area contributed by atoms with E-state index in [0.29, 0.717) is 18.0 Å². The summed E-state index contributed by atoms with van der Waals surface area (Å²) in [5, 5.41) is 15.7. The van der Waals surface area contributed by atoms with Crippen LogP contribution in [0.3, 0.4) is 0 Å². The number of nitrogens with zero attached hydrogens (tertiary/aromatic N) is 4. The molecule has 1 aromatic rings. The maximum Gasteiger partial charge on any atom is 0.252 e. The van der Waals surface area contributed by atoms with E-state index < -0.39 is 0 Å². The van der Waals surface area contributed by atoms with Crippen LogP contribution < -0.4 is 5.32 Å². The van der Waals surface area contributed by atoms with E-state index in [0.717, 1.165) is 6.54 Å². The van der Waals surface area contributed by atoms with Gasteiger partial charge in [-0.05, 0) is 19.1 Å². The van der Waals surface area contributed by atoms with Gasteiger partial charge in [-0.2, -0.15) is 5.26 Å². The van der Waals surface area contributed by atoms with Crippen LogP contribution in [0.4, 0.5) is 0 Å². The second-order valence-electron chi connectivity index (χ2n) is 3.48. The van der Waals surface area contributed by atoms with Crippen molar-refractivity contribution < 1.29 is 9.41 Å². The van der Waals surface area contributed by atoms with Gasteiger partial charge >= 0.3 is 0 Å². The van der Waals surface area contributed by atoms with Gasteiger partial charge in [0.15, 0.2) is 0 Å². The standard InChI is InChI=1S/C12H15N5O/c1-3-14-9-17(2)10-18-16-8-12-11(7-13)5-4-6-15-12/h4-6,8-9H,3,10H2,1-2H3/p+1/b16-8+. The third-order valence-corrected chi connectivity index (χ3v) is 1.99. The molecular weight excluding hydrogens is 230 g/mol. The van der Waals surface area contributed by atoms with Crippen molar-refractivity contribution in [1.29, 1.82) is 5.26 Å². The second-order valence-corrected chi connectivity index (χ2v) is 3.48. The summed E-state index contributed by atoms with van der Waals surface area (Å²) < 4.78 is 1.81. The quantitative estimate of drug-likeness (QED) is 0.261. The molecule has 0 aliphatic rings. The molecule has 0 fully saturated rings. The zero-order valence-corrected chi connectivity index (χ0v) is 10.5. The Hall–Kier alpha value is -2.42. The van der Waals surface area contributed by atoms with Crippen molar-refractivity contribution in [2.24, 2.45) is 5.16 Å². The van der Waals surface area contributed by atoms with E-state index in [1.54, 1.807) is 24.7 Å². The summed E-state index contributed by atoms with van der Waals surface area (Å²) in [5.74, 6) is 0. The highest BCUT2D eigenvalue weighted by Gasteiger charge is 1.98. The molecule has 0 saturated carbocycles. The third kappa shape index (κ3) is 4.61. The minimum absolute atomic E-state index is 0.318. The van der Waals surface area contributed by atoms with Crippen LogP contribution >= 0.6 is 0 Å². The summed E-state index contributed by atoms with van der Waals surface area (Å²) in [7, 11) is 1.86. The van der Waals surface area contributed by atoms with Gasteiger partial charge in [-0.25, -0.2) is 4.58 Å². The number of hydrogen-bond donors (Lipinski definition) is 1. The lowest BCUT2D eigenvalue weighted by Gasteiger charge is -1.99. The number of hydrogen-bond acceptors (Lipinski definition) is 4. The molecule has 0 amide bonds. The molecule has 0 aliphatic carbocycles. The first-order valence-corrected chi connectivity index (χ1v) is 5.55. The Labute approximate surface area is 106 Å².